The molecule has 146 valence electrons. The number of ether oxygens (including phenoxy) is 2. The highest BCUT2D eigenvalue weighted by atomic mass is 16.5. The summed E-state index contributed by atoms with van der Waals surface area (Å²) in [6.45, 7) is 10.1. The van der Waals surface area contributed by atoms with Crippen LogP contribution in [0.25, 0.3) is 0 Å². The molecule has 0 fully saturated rings. The Morgan fingerprint density at radius 3 is 1.29 bits per heavy atom. The zero-order chi connectivity index (χ0) is 17.7. The Balaban J connectivity index is 3.12. The highest BCUT2D eigenvalue weighted by molar-refractivity contribution is 4.51. The summed E-state index contributed by atoms with van der Waals surface area (Å²) in [6, 6.07) is 0. The molecule has 0 aliphatic heterocycles. The van der Waals surface area contributed by atoms with E-state index in [0.29, 0.717) is 0 Å². The lowest BCUT2D eigenvalue weighted by molar-refractivity contribution is 0.0814. The topological polar surface area (TPSA) is 21.7 Å². The van der Waals surface area contributed by atoms with Crippen molar-refractivity contribution in [2.24, 2.45) is 0 Å². The second kappa shape index (κ2) is 20.9. The van der Waals surface area contributed by atoms with Crippen LogP contribution in [0.5, 0.6) is 0 Å². The molecule has 3 heteroatoms. The third kappa shape index (κ3) is 19.9. The van der Waals surface area contributed by atoms with Crippen LogP contribution < -0.4 is 0 Å². The van der Waals surface area contributed by atoms with Gasteiger partial charge in [0.05, 0.1) is 13.2 Å². The first-order chi connectivity index (χ1) is 11.8. The molecule has 3 nitrogen and oxygen atoms in total. The molecule has 0 aromatic rings. The third-order valence-electron chi connectivity index (χ3n) is 4.52. The fourth-order valence-electron chi connectivity index (χ4n) is 2.73. The van der Waals surface area contributed by atoms with Crippen molar-refractivity contribution >= 4 is 0 Å². The van der Waals surface area contributed by atoms with E-state index in [-0.39, 0.29) is 0 Å². The molecule has 0 heterocycles. The summed E-state index contributed by atoms with van der Waals surface area (Å²) in [5.74, 6) is 0. The normalized spacial score (nSPS) is 11.5. The van der Waals surface area contributed by atoms with Crippen LogP contribution in [0.1, 0.15) is 90.9 Å². The van der Waals surface area contributed by atoms with Crippen LogP contribution in [0.4, 0.5) is 0 Å². The van der Waals surface area contributed by atoms with Crippen molar-refractivity contribution in [3.05, 3.63) is 0 Å². The first-order valence-corrected chi connectivity index (χ1v) is 10.6. The number of hydrogen-bond acceptors (Lipinski definition) is 3. The predicted octanol–water partition coefficient (Wildman–Crippen LogP) is 5.67. The van der Waals surface area contributed by atoms with Crippen LogP contribution in [0.15, 0.2) is 0 Å². The lowest BCUT2D eigenvalue weighted by atomic mass is 10.1. The molecule has 0 N–H and O–H groups in total. The quantitative estimate of drug-likeness (QED) is 0.266. The molecule has 0 rings (SSSR count). The minimum absolute atomic E-state index is 0.850. The first-order valence-electron chi connectivity index (χ1n) is 10.6. The summed E-state index contributed by atoms with van der Waals surface area (Å²) in [6.07, 6.45) is 16.0. The summed E-state index contributed by atoms with van der Waals surface area (Å²) in [5.41, 5.74) is 0. The summed E-state index contributed by atoms with van der Waals surface area (Å²) in [4.78, 5) is 2.31. The second-order valence-electron chi connectivity index (χ2n) is 7.06. The summed E-state index contributed by atoms with van der Waals surface area (Å²) >= 11 is 0. The minimum atomic E-state index is 0.850. The maximum absolute atomic E-state index is 5.72. The molecule has 0 aromatic carbocycles. The maximum Gasteiger partial charge on any atom is 0.0593 e. The molecule has 0 radical (unpaired) electrons. The Kier molecular flexibility index (Phi) is 20.8. The van der Waals surface area contributed by atoms with E-state index in [4.69, 9.17) is 9.47 Å². The van der Waals surface area contributed by atoms with Gasteiger partial charge in [-0.25, -0.2) is 0 Å². The molecular weight excluding hydrogens is 298 g/mol. The summed E-state index contributed by atoms with van der Waals surface area (Å²) in [5, 5.41) is 0. The molecule has 0 amide bonds. The van der Waals surface area contributed by atoms with Crippen LogP contribution >= 0.6 is 0 Å². The van der Waals surface area contributed by atoms with Gasteiger partial charge in [0.2, 0.25) is 0 Å². The molecule has 0 aliphatic rings. The highest BCUT2D eigenvalue weighted by Gasteiger charge is 1.99. The van der Waals surface area contributed by atoms with E-state index in [2.05, 4.69) is 25.8 Å². The van der Waals surface area contributed by atoms with E-state index < -0.39 is 0 Å². The summed E-state index contributed by atoms with van der Waals surface area (Å²) < 4.78 is 11.4. The van der Waals surface area contributed by atoms with Gasteiger partial charge in [0.15, 0.2) is 0 Å². The molecule has 24 heavy (non-hydrogen) atoms. The molecule has 0 saturated heterocycles. The Morgan fingerprint density at radius 2 is 0.875 bits per heavy atom. The van der Waals surface area contributed by atoms with E-state index in [1.165, 1.54) is 77.0 Å². The van der Waals surface area contributed by atoms with Crippen LogP contribution in [0.3, 0.4) is 0 Å². The zero-order valence-corrected chi connectivity index (χ0v) is 17.0. The average Bonchev–Trinajstić information content (AvgIpc) is 2.59. The van der Waals surface area contributed by atoms with Gasteiger partial charge < -0.3 is 14.4 Å². The minimum Gasteiger partial charge on any atom is -0.380 e. The standard InChI is InChI=1S/C21H45NO2/c1-4-6-8-10-12-14-18-23-20-16-22(3)17-21-24-19-15-13-11-9-7-5-2/h4-21H2,1-3H3. The van der Waals surface area contributed by atoms with Crippen molar-refractivity contribution in [2.75, 3.05) is 46.6 Å². The number of hydrogen-bond donors (Lipinski definition) is 0. The Bertz CT molecular complexity index is 202. The van der Waals surface area contributed by atoms with Crippen molar-refractivity contribution in [1.29, 1.82) is 0 Å². The van der Waals surface area contributed by atoms with Gasteiger partial charge in [-0.15, -0.1) is 0 Å². The van der Waals surface area contributed by atoms with Crippen molar-refractivity contribution in [3.63, 3.8) is 0 Å². The van der Waals surface area contributed by atoms with Gasteiger partial charge in [0.25, 0.3) is 0 Å². The SMILES string of the molecule is CCCCCCCCOCCN(C)CCOCCCCCCCC. The Labute approximate surface area is 152 Å². The predicted molar refractivity (Wildman–Crippen MR) is 106 cm³/mol. The van der Waals surface area contributed by atoms with E-state index in [0.717, 1.165) is 39.5 Å². The van der Waals surface area contributed by atoms with Gasteiger partial charge in [-0.1, -0.05) is 78.1 Å². The van der Waals surface area contributed by atoms with Crippen molar-refractivity contribution in [3.8, 4) is 0 Å². The Morgan fingerprint density at radius 1 is 0.500 bits per heavy atom. The lowest BCUT2D eigenvalue weighted by Crippen LogP contribution is -2.27. The highest BCUT2D eigenvalue weighted by Crippen LogP contribution is 2.05. The van der Waals surface area contributed by atoms with E-state index in [9.17, 15) is 0 Å². The van der Waals surface area contributed by atoms with E-state index >= 15 is 0 Å². The second-order valence-corrected chi connectivity index (χ2v) is 7.06. The van der Waals surface area contributed by atoms with Gasteiger partial charge in [-0.05, 0) is 19.9 Å². The maximum atomic E-state index is 5.72. The largest absolute Gasteiger partial charge is 0.380 e. The van der Waals surface area contributed by atoms with Crippen LogP contribution in [-0.2, 0) is 9.47 Å². The third-order valence-corrected chi connectivity index (χ3v) is 4.52. The van der Waals surface area contributed by atoms with Crippen molar-refractivity contribution < 1.29 is 9.47 Å². The lowest BCUT2D eigenvalue weighted by Gasteiger charge is -2.16. The number of rotatable bonds is 20. The van der Waals surface area contributed by atoms with Gasteiger partial charge in [-0.3, -0.25) is 0 Å². The fourth-order valence-corrected chi connectivity index (χ4v) is 2.73. The van der Waals surface area contributed by atoms with Gasteiger partial charge in [0.1, 0.15) is 0 Å². The fraction of sp³-hybridized carbons (Fsp3) is 1.00. The van der Waals surface area contributed by atoms with Gasteiger partial charge in [0, 0.05) is 26.3 Å². The van der Waals surface area contributed by atoms with Crippen molar-refractivity contribution in [2.45, 2.75) is 90.9 Å². The van der Waals surface area contributed by atoms with Crippen LogP contribution in [0, 0.1) is 0 Å². The molecule has 0 aliphatic carbocycles. The number of nitrogens with zero attached hydrogens (tertiary/aromatic N) is 1. The van der Waals surface area contributed by atoms with E-state index in [1.54, 1.807) is 0 Å². The van der Waals surface area contributed by atoms with Crippen LogP contribution in [-0.4, -0.2) is 51.5 Å². The molecule has 0 aromatic heterocycles. The molecule has 0 unspecified atom stereocenters. The molecular formula is C21H45NO2. The summed E-state index contributed by atoms with van der Waals surface area (Å²) in [7, 11) is 2.15. The zero-order valence-electron chi connectivity index (χ0n) is 17.0. The van der Waals surface area contributed by atoms with Crippen LogP contribution in [0.2, 0.25) is 0 Å². The molecule has 0 atom stereocenters. The van der Waals surface area contributed by atoms with E-state index in [1.807, 2.05) is 0 Å². The number of unbranched alkanes of at least 4 members (excludes halogenated alkanes) is 10. The Hall–Kier alpha value is -0.120. The molecule has 0 spiro atoms. The monoisotopic (exact) mass is 343 g/mol. The molecule has 0 bridgehead atoms. The smallest absolute Gasteiger partial charge is 0.0593 e. The average molecular weight is 344 g/mol. The van der Waals surface area contributed by atoms with Crippen molar-refractivity contribution in [1.82, 2.24) is 4.90 Å². The number of likely N-dealkylation sites (N-methyl/N-ethyl adjacent to an activating group) is 1. The van der Waals surface area contributed by atoms with Gasteiger partial charge >= 0.3 is 0 Å². The first kappa shape index (κ1) is 23.9. The van der Waals surface area contributed by atoms with Gasteiger partial charge in [-0.2, -0.15) is 0 Å². The molecule has 0 saturated carbocycles.